The molecule has 24 heavy (non-hydrogen) atoms. The van der Waals surface area contributed by atoms with Gasteiger partial charge in [0, 0.05) is 4.47 Å². The second kappa shape index (κ2) is 8.70. The first-order chi connectivity index (χ1) is 11.5. The summed E-state index contributed by atoms with van der Waals surface area (Å²) in [7, 11) is 0. The Morgan fingerprint density at radius 3 is 2.75 bits per heavy atom. The van der Waals surface area contributed by atoms with Crippen LogP contribution in [0.15, 0.2) is 46.0 Å². The summed E-state index contributed by atoms with van der Waals surface area (Å²) in [6, 6.07) is 10.6. The van der Waals surface area contributed by atoms with Crippen molar-refractivity contribution < 1.29 is 14.6 Å². The Labute approximate surface area is 153 Å². The van der Waals surface area contributed by atoms with Gasteiger partial charge in [0.05, 0.1) is 24.3 Å². The van der Waals surface area contributed by atoms with Gasteiger partial charge >= 0.3 is 0 Å². The largest absolute Gasteiger partial charge is 0.503 e. The molecule has 0 aromatic heterocycles. The minimum atomic E-state index is -0.233. The number of rotatable bonds is 6. The van der Waals surface area contributed by atoms with Crippen LogP contribution >= 0.6 is 27.5 Å². The number of carbonyl (C=O) groups excluding carboxylic acids is 1. The van der Waals surface area contributed by atoms with Gasteiger partial charge in [-0.1, -0.05) is 39.7 Å². The highest BCUT2D eigenvalue weighted by atomic mass is 79.9. The number of hydrogen-bond donors (Lipinski definition) is 2. The van der Waals surface area contributed by atoms with Crippen LogP contribution < -0.4 is 10.2 Å². The van der Waals surface area contributed by atoms with Gasteiger partial charge in [0.2, 0.25) is 5.91 Å². The van der Waals surface area contributed by atoms with E-state index in [0.717, 1.165) is 10.0 Å². The molecule has 126 valence electrons. The Bertz CT molecular complexity index is 748. The van der Waals surface area contributed by atoms with Crippen molar-refractivity contribution in [3.63, 3.8) is 0 Å². The first-order valence-corrected chi connectivity index (χ1v) is 8.38. The highest BCUT2D eigenvalue weighted by Gasteiger charge is 2.08. The number of amides is 1. The van der Waals surface area contributed by atoms with E-state index in [-0.39, 0.29) is 28.8 Å². The Hall–Kier alpha value is -2.05. The van der Waals surface area contributed by atoms with E-state index in [9.17, 15) is 9.90 Å². The van der Waals surface area contributed by atoms with Crippen LogP contribution in [0.5, 0.6) is 11.5 Å². The van der Waals surface area contributed by atoms with Crippen molar-refractivity contribution in [2.45, 2.75) is 13.3 Å². The first kappa shape index (κ1) is 18.3. The molecular weight excluding hydrogens is 396 g/mol. The number of hydrazone groups is 1. The van der Waals surface area contributed by atoms with E-state index >= 15 is 0 Å². The van der Waals surface area contributed by atoms with Gasteiger partial charge in [0.1, 0.15) is 0 Å². The number of phenols is 1. The summed E-state index contributed by atoms with van der Waals surface area (Å²) in [5.74, 6) is -0.0777. The van der Waals surface area contributed by atoms with E-state index < -0.39 is 0 Å². The fraction of sp³-hybridized carbons (Fsp3) is 0.176. The average molecular weight is 412 g/mol. The predicted molar refractivity (Wildman–Crippen MR) is 97.9 cm³/mol. The third-order valence-electron chi connectivity index (χ3n) is 3.03. The maximum Gasteiger partial charge on any atom is 0.244 e. The van der Waals surface area contributed by atoms with E-state index in [1.54, 1.807) is 13.0 Å². The number of carbonyl (C=O) groups is 1. The topological polar surface area (TPSA) is 70.9 Å². The van der Waals surface area contributed by atoms with Crippen molar-refractivity contribution in [3.05, 3.63) is 57.0 Å². The van der Waals surface area contributed by atoms with Crippen molar-refractivity contribution in [2.24, 2.45) is 5.10 Å². The van der Waals surface area contributed by atoms with Gasteiger partial charge in [-0.05, 0) is 42.3 Å². The molecule has 0 aliphatic heterocycles. The summed E-state index contributed by atoms with van der Waals surface area (Å²) in [6.07, 6.45) is 1.67. The average Bonchev–Trinajstić information content (AvgIpc) is 2.54. The van der Waals surface area contributed by atoms with E-state index in [0.29, 0.717) is 12.2 Å². The molecule has 0 heterocycles. The van der Waals surface area contributed by atoms with E-state index in [2.05, 4.69) is 26.5 Å². The minimum Gasteiger partial charge on any atom is -0.503 e. The Morgan fingerprint density at radius 1 is 1.38 bits per heavy atom. The van der Waals surface area contributed by atoms with E-state index in [1.807, 2.05) is 24.3 Å². The SMILES string of the molecule is CCOc1cc(/C=N/NC(=O)Cc2ccc(Br)cc2)cc(Cl)c1O. The lowest BCUT2D eigenvalue weighted by Gasteiger charge is -2.08. The van der Waals surface area contributed by atoms with Gasteiger partial charge in [0.15, 0.2) is 11.5 Å². The first-order valence-electron chi connectivity index (χ1n) is 7.21. The molecule has 0 radical (unpaired) electrons. The van der Waals surface area contributed by atoms with Gasteiger partial charge in [-0.25, -0.2) is 5.43 Å². The molecule has 2 aromatic rings. The summed E-state index contributed by atoms with van der Waals surface area (Å²) >= 11 is 9.28. The lowest BCUT2D eigenvalue weighted by Crippen LogP contribution is -2.19. The molecule has 2 aromatic carbocycles. The summed E-state index contributed by atoms with van der Waals surface area (Å²) in [5.41, 5.74) is 3.94. The molecule has 0 aliphatic carbocycles. The molecule has 2 N–H and O–H groups in total. The number of halogens is 2. The fourth-order valence-corrected chi connectivity index (χ4v) is 2.42. The van der Waals surface area contributed by atoms with Gasteiger partial charge in [-0.2, -0.15) is 5.10 Å². The molecular formula is C17H16BrClN2O3. The smallest absolute Gasteiger partial charge is 0.244 e. The number of ether oxygens (including phenoxy) is 1. The molecule has 0 aliphatic rings. The normalized spacial score (nSPS) is 10.8. The molecule has 0 unspecified atom stereocenters. The number of aromatic hydroxyl groups is 1. The lowest BCUT2D eigenvalue weighted by molar-refractivity contribution is -0.120. The zero-order valence-electron chi connectivity index (χ0n) is 12.9. The van der Waals surface area contributed by atoms with Crippen molar-refractivity contribution in [3.8, 4) is 11.5 Å². The van der Waals surface area contributed by atoms with Crippen LogP contribution in [0.4, 0.5) is 0 Å². The van der Waals surface area contributed by atoms with Gasteiger partial charge in [-0.15, -0.1) is 0 Å². The van der Waals surface area contributed by atoms with E-state index in [4.69, 9.17) is 16.3 Å². The van der Waals surface area contributed by atoms with Crippen LogP contribution in [0, 0.1) is 0 Å². The quantitative estimate of drug-likeness (QED) is 0.559. The Morgan fingerprint density at radius 2 is 2.08 bits per heavy atom. The highest BCUT2D eigenvalue weighted by molar-refractivity contribution is 9.10. The van der Waals surface area contributed by atoms with Crippen molar-refractivity contribution in [2.75, 3.05) is 6.61 Å². The van der Waals surface area contributed by atoms with Crippen molar-refractivity contribution in [1.82, 2.24) is 5.43 Å². The third kappa shape index (κ3) is 5.25. The monoisotopic (exact) mass is 410 g/mol. The molecule has 7 heteroatoms. The van der Waals surface area contributed by atoms with E-state index in [1.165, 1.54) is 12.3 Å². The third-order valence-corrected chi connectivity index (χ3v) is 3.85. The standard InChI is InChI=1S/C17H16BrClN2O3/c1-2-24-15-8-12(7-14(19)17(15)23)10-20-21-16(22)9-11-3-5-13(18)6-4-11/h3-8,10,23H,2,9H2,1H3,(H,21,22)/b20-10+. The molecule has 0 saturated carbocycles. The molecule has 0 saturated heterocycles. The predicted octanol–water partition coefficient (Wildman–Crippen LogP) is 3.90. The number of nitrogens with one attached hydrogen (secondary N) is 1. The molecule has 2 rings (SSSR count). The molecule has 0 fully saturated rings. The number of hydrogen-bond acceptors (Lipinski definition) is 4. The zero-order chi connectivity index (χ0) is 17.5. The number of nitrogens with zero attached hydrogens (tertiary/aromatic N) is 1. The summed E-state index contributed by atoms with van der Waals surface area (Å²) in [5, 5.41) is 13.8. The molecule has 1 amide bonds. The maximum absolute atomic E-state index is 11.9. The summed E-state index contributed by atoms with van der Waals surface area (Å²) in [4.78, 5) is 11.9. The van der Waals surface area contributed by atoms with Crippen molar-refractivity contribution >= 4 is 39.7 Å². The van der Waals surface area contributed by atoms with Crippen LogP contribution in [0.1, 0.15) is 18.1 Å². The minimum absolute atomic E-state index is 0.116. The van der Waals surface area contributed by atoms with Gasteiger partial charge in [0.25, 0.3) is 0 Å². The van der Waals surface area contributed by atoms with Crippen LogP contribution in [0.2, 0.25) is 5.02 Å². The Kier molecular flexibility index (Phi) is 6.63. The summed E-state index contributed by atoms with van der Waals surface area (Å²) < 4.78 is 6.24. The molecule has 0 bridgehead atoms. The van der Waals surface area contributed by atoms with Crippen LogP contribution in [-0.2, 0) is 11.2 Å². The molecule has 0 spiro atoms. The second-order valence-corrected chi connectivity index (χ2v) is 6.20. The molecule has 5 nitrogen and oxygen atoms in total. The van der Waals surface area contributed by atoms with Crippen LogP contribution in [-0.4, -0.2) is 23.8 Å². The lowest BCUT2D eigenvalue weighted by atomic mass is 10.1. The molecule has 0 atom stereocenters. The summed E-state index contributed by atoms with van der Waals surface area (Å²) in [6.45, 7) is 2.20. The van der Waals surface area contributed by atoms with Crippen molar-refractivity contribution in [1.29, 1.82) is 0 Å². The fourth-order valence-electron chi connectivity index (χ4n) is 1.94. The highest BCUT2D eigenvalue weighted by Crippen LogP contribution is 2.34. The Balaban J connectivity index is 1.98. The number of phenolic OH excluding ortho intramolecular Hbond substituents is 1. The van der Waals surface area contributed by atoms with Crippen LogP contribution in [0.25, 0.3) is 0 Å². The van der Waals surface area contributed by atoms with Crippen LogP contribution in [0.3, 0.4) is 0 Å². The van der Waals surface area contributed by atoms with Gasteiger partial charge < -0.3 is 9.84 Å². The van der Waals surface area contributed by atoms with Gasteiger partial charge in [-0.3, -0.25) is 4.79 Å². The second-order valence-electron chi connectivity index (χ2n) is 4.88. The zero-order valence-corrected chi connectivity index (χ0v) is 15.3. The maximum atomic E-state index is 11.9. The number of benzene rings is 2.